The van der Waals surface area contributed by atoms with Crippen molar-refractivity contribution < 1.29 is 19.4 Å². The number of ether oxygens (including phenoxy) is 1. The second kappa shape index (κ2) is 11.1. The number of aliphatic hydroxyl groups is 1. The fourth-order valence-electron chi connectivity index (χ4n) is 4.84. The molecule has 7 nitrogen and oxygen atoms in total. The summed E-state index contributed by atoms with van der Waals surface area (Å²) in [7, 11) is 0. The maximum atomic E-state index is 13.3. The van der Waals surface area contributed by atoms with E-state index in [-0.39, 0.29) is 18.4 Å². The zero-order valence-corrected chi connectivity index (χ0v) is 19.8. The van der Waals surface area contributed by atoms with Crippen LogP contribution in [0.4, 0.5) is 0 Å². The first-order valence-electron chi connectivity index (χ1n) is 12.1. The van der Waals surface area contributed by atoms with Gasteiger partial charge < -0.3 is 20.1 Å². The molecule has 2 aliphatic rings. The van der Waals surface area contributed by atoms with Crippen molar-refractivity contribution >= 4 is 11.8 Å². The van der Waals surface area contributed by atoms with Crippen molar-refractivity contribution in [2.75, 3.05) is 32.8 Å². The van der Waals surface area contributed by atoms with Gasteiger partial charge in [-0.1, -0.05) is 39.3 Å². The molecule has 7 heteroatoms. The number of nitrogens with one attached hydrogen (secondary N) is 1. The summed E-state index contributed by atoms with van der Waals surface area (Å²) in [6, 6.07) is 7.53. The summed E-state index contributed by atoms with van der Waals surface area (Å²) >= 11 is 0. The van der Waals surface area contributed by atoms with Crippen molar-refractivity contribution in [3.8, 4) is 5.75 Å². The van der Waals surface area contributed by atoms with Gasteiger partial charge in [-0.15, -0.1) is 0 Å². The molecule has 0 aliphatic carbocycles. The number of carbonyl (C=O) groups excluding carboxylic acids is 2. The van der Waals surface area contributed by atoms with E-state index < -0.39 is 11.6 Å². The lowest BCUT2D eigenvalue weighted by molar-refractivity contribution is -0.161. The number of benzene rings is 1. The number of carbonyl (C=O) groups is 2. The van der Waals surface area contributed by atoms with Crippen LogP contribution in [-0.2, 0) is 16.1 Å². The second-order valence-electron chi connectivity index (χ2n) is 9.52. The minimum Gasteiger partial charge on any atom is -0.491 e. The van der Waals surface area contributed by atoms with Crippen molar-refractivity contribution in [2.45, 2.75) is 71.0 Å². The highest BCUT2D eigenvalue weighted by molar-refractivity contribution is 6.00. The predicted molar refractivity (Wildman–Crippen MR) is 124 cm³/mol. The van der Waals surface area contributed by atoms with Crippen LogP contribution in [0.2, 0.25) is 0 Å². The number of aliphatic hydroxyl groups excluding tert-OH is 1. The van der Waals surface area contributed by atoms with E-state index >= 15 is 0 Å². The molecule has 32 heavy (non-hydrogen) atoms. The smallest absolute Gasteiger partial charge is 0.246 e. The molecule has 0 unspecified atom stereocenters. The summed E-state index contributed by atoms with van der Waals surface area (Å²) in [4.78, 5) is 30.9. The maximum absolute atomic E-state index is 13.3. The Morgan fingerprint density at radius 2 is 1.88 bits per heavy atom. The molecule has 1 spiro atoms. The standard InChI is InChI=1S/C25H39N3O4/c1-4-5-12-28-23(30)22(17-19(2)3)26-24(31)25(28)10-13-27(14-11-25)18-20-6-8-21(9-7-20)32-16-15-29/h6-9,19,22,29H,4-5,10-18H2,1-3H3,(H,26,31)/t22-/m0/s1. The Bertz CT molecular complexity index is 757. The van der Waals surface area contributed by atoms with Gasteiger partial charge in [0.25, 0.3) is 0 Å². The molecule has 2 amide bonds. The molecule has 1 aromatic carbocycles. The summed E-state index contributed by atoms with van der Waals surface area (Å²) in [5.74, 6) is 1.23. The molecule has 1 aromatic rings. The van der Waals surface area contributed by atoms with E-state index in [0.717, 1.165) is 38.2 Å². The van der Waals surface area contributed by atoms with E-state index in [1.807, 2.05) is 29.2 Å². The number of nitrogens with zero attached hydrogens (tertiary/aromatic N) is 2. The summed E-state index contributed by atoms with van der Waals surface area (Å²) < 4.78 is 5.43. The van der Waals surface area contributed by atoms with Crippen molar-refractivity contribution in [3.63, 3.8) is 0 Å². The van der Waals surface area contributed by atoms with Crippen molar-refractivity contribution in [1.29, 1.82) is 0 Å². The second-order valence-corrected chi connectivity index (χ2v) is 9.52. The molecule has 0 aromatic heterocycles. The lowest BCUT2D eigenvalue weighted by Gasteiger charge is -2.52. The predicted octanol–water partition coefficient (Wildman–Crippen LogP) is 2.57. The summed E-state index contributed by atoms with van der Waals surface area (Å²) in [6.45, 7) is 9.61. The Balaban J connectivity index is 1.65. The van der Waals surface area contributed by atoms with E-state index in [4.69, 9.17) is 9.84 Å². The Kier molecular flexibility index (Phi) is 8.54. The average Bonchev–Trinajstić information content (AvgIpc) is 2.78. The zero-order chi connectivity index (χ0) is 23.1. The average molecular weight is 446 g/mol. The molecule has 178 valence electrons. The first kappa shape index (κ1) is 24.5. The number of amides is 2. The Morgan fingerprint density at radius 1 is 1.19 bits per heavy atom. The third kappa shape index (κ3) is 5.62. The molecule has 1 atom stereocenters. The van der Waals surface area contributed by atoms with E-state index in [0.29, 0.717) is 38.3 Å². The fourth-order valence-corrected chi connectivity index (χ4v) is 4.84. The summed E-state index contributed by atoms with van der Waals surface area (Å²) in [5, 5.41) is 11.9. The monoisotopic (exact) mass is 445 g/mol. The third-order valence-corrected chi connectivity index (χ3v) is 6.62. The van der Waals surface area contributed by atoms with Crippen LogP contribution in [0.3, 0.4) is 0 Å². The third-order valence-electron chi connectivity index (χ3n) is 6.62. The van der Waals surface area contributed by atoms with Gasteiger partial charge in [0.2, 0.25) is 11.8 Å². The van der Waals surface area contributed by atoms with E-state index in [1.165, 1.54) is 5.56 Å². The Morgan fingerprint density at radius 3 is 2.47 bits per heavy atom. The lowest BCUT2D eigenvalue weighted by Crippen LogP contribution is -2.73. The molecule has 0 saturated carbocycles. The number of unbranched alkanes of at least 4 members (excludes halogenated alkanes) is 1. The molecule has 0 bridgehead atoms. The van der Waals surface area contributed by atoms with Gasteiger partial charge in [0.05, 0.1) is 6.61 Å². The SMILES string of the molecule is CCCCN1C(=O)[C@H](CC(C)C)NC(=O)C12CCN(Cc1ccc(OCCO)cc1)CC2. The maximum Gasteiger partial charge on any atom is 0.246 e. The highest BCUT2D eigenvalue weighted by Gasteiger charge is 2.53. The first-order valence-corrected chi connectivity index (χ1v) is 12.1. The Hall–Kier alpha value is -2.12. The molecule has 2 saturated heterocycles. The normalized spacial score (nSPS) is 21.3. The van der Waals surface area contributed by atoms with Crippen LogP contribution in [0.15, 0.2) is 24.3 Å². The van der Waals surface area contributed by atoms with Crippen LogP contribution in [0.5, 0.6) is 5.75 Å². The van der Waals surface area contributed by atoms with Gasteiger partial charge >= 0.3 is 0 Å². The van der Waals surface area contributed by atoms with Crippen LogP contribution in [0.1, 0.15) is 58.4 Å². The van der Waals surface area contributed by atoms with E-state index in [2.05, 4.69) is 31.0 Å². The lowest BCUT2D eigenvalue weighted by atomic mass is 9.80. The number of piperidine rings is 1. The topological polar surface area (TPSA) is 82.1 Å². The van der Waals surface area contributed by atoms with Crippen LogP contribution >= 0.6 is 0 Å². The van der Waals surface area contributed by atoms with Gasteiger partial charge in [-0.3, -0.25) is 14.5 Å². The van der Waals surface area contributed by atoms with Gasteiger partial charge in [0.15, 0.2) is 0 Å². The van der Waals surface area contributed by atoms with Gasteiger partial charge in [-0.2, -0.15) is 0 Å². The van der Waals surface area contributed by atoms with Gasteiger partial charge in [-0.05, 0) is 49.3 Å². The minimum absolute atomic E-state index is 0.000843. The molecule has 0 radical (unpaired) electrons. The highest BCUT2D eigenvalue weighted by atomic mass is 16.5. The molecule has 2 N–H and O–H groups in total. The van der Waals surface area contributed by atoms with Gasteiger partial charge in [0.1, 0.15) is 23.9 Å². The number of hydrogen-bond donors (Lipinski definition) is 2. The largest absolute Gasteiger partial charge is 0.491 e. The van der Waals surface area contributed by atoms with Gasteiger partial charge in [0, 0.05) is 26.2 Å². The molecule has 3 rings (SSSR count). The quantitative estimate of drug-likeness (QED) is 0.579. The van der Waals surface area contributed by atoms with Gasteiger partial charge in [-0.25, -0.2) is 0 Å². The van der Waals surface area contributed by atoms with Crippen molar-refractivity contribution in [2.24, 2.45) is 5.92 Å². The van der Waals surface area contributed by atoms with Crippen molar-refractivity contribution in [1.82, 2.24) is 15.1 Å². The highest BCUT2D eigenvalue weighted by Crippen LogP contribution is 2.34. The fraction of sp³-hybridized carbons (Fsp3) is 0.680. The molecular formula is C25H39N3O4. The van der Waals surface area contributed by atoms with E-state index in [9.17, 15) is 9.59 Å². The van der Waals surface area contributed by atoms with Crippen LogP contribution in [0.25, 0.3) is 0 Å². The number of piperazine rings is 1. The first-order chi connectivity index (χ1) is 15.4. The number of likely N-dealkylation sites (tertiary alicyclic amines) is 1. The number of hydrogen-bond acceptors (Lipinski definition) is 5. The van der Waals surface area contributed by atoms with Crippen LogP contribution in [0, 0.1) is 5.92 Å². The van der Waals surface area contributed by atoms with Crippen LogP contribution < -0.4 is 10.1 Å². The Labute approximate surface area is 192 Å². The molecular weight excluding hydrogens is 406 g/mol. The van der Waals surface area contributed by atoms with E-state index in [1.54, 1.807) is 0 Å². The van der Waals surface area contributed by atoms with Crippen molar-refractivity contribution in [3.05, 3.63) is 29.8 Å². The number of rotatable bonds is 10. The van der Waals surface area contributed by atoms with Crippen LogP contribution in [-0.4, -0.2) is 71.1 Å². The molecule has 2 aliphatic heterocycles. The summed E-state index contributed by atoms with van der Waals surface area (Å²) in [5.41, 5.74) is 0.472. The zero-order valence-electron chi connectivity index (χ0n) is 19.8. The molecule has 2 heterocycles. The minimum atomic E-state index is -0.710. The molecule has 2 fully saturated rings. The summed E-state index contributed by atoms with van der Waals surface area (Å²) in [6.07, 6.45) is 3.94.